The molecule has 0 aliphatic carbocycles. The SMILES string of the molecule is CCCO[C@@H]1O[C@@H](C)[C@@H](OS(=O)(=O)O)[C@@H](O[C@@H]2O[C@@H](C)[C@@H](OS(=O)(=O)O)[C@@H](O[C@@H]3O[C@@H](C)[C@@H](OS(=O)(=O)O)[C@@H](O[C@@H]4O[C@@H](C)[C@@H](OS(=O)(=O)O)[C@@H](OS(=O)(=O)O)[C@@H]4OS(=O)(=O)O)[C@@H]3OS(=O)(=O)O)[C@@H]2OS(=O)(=O)O)[C@@H]1OS(=O)(=O)O. The Kier molecular flexibility index (Phi) is 23.3. The van der Waals surface area contributed by atoms with E-state index < -0.39 is 223 Å². The molecular weight excluding hydrogens is 1320 g/mol. The smallest absolute Gasteiger partial charge is 0.350 e. The molecule has 80 heavy (non-hydrogen) atoms. The van der Waals surface area contributed by atoms with Gasteiger partial charge in [0.2, 0.25) is 0 Å². The Morgan fingerprint density at radius 1 is 0.275 bits per heavy atom. The number of rotatable bonds is 27. The molecule has 0 aromatic rings. The molecule has 4 rings (SSSR count). The van der Waals surface area contributed by atoms with Crippen molar-refractivity contribution in [1.82, 2.24) is 0 Å². The second-order valence-corrected chi connectivity index (χ2v) is 25.8. The van der Waals surface area contributed by atoms with Crippen molar-refractivity contribution in [3.63, 3.8) is 0 Å². The summed E-state index contributed by atoms with van der Waals surface area (Å²) >= 11 is 0. The van der Waals surface area contributed by atoms with Gasteiger partial charge in [-0.3, -0.25) is 41.0 Å². The highest BCUT2D eigenvalue weighted by molar-refractivity contribution is 7.82. The van der Waals surface area contributed by atoms with Gasteiger partial charge in [-0.2, -0.15) is 75.8 Å². The molecule has 4 saturated heterocycles. The molecule has 53 heteroatoms. The van der Waals surface area contributed by atoms with E-state index in [9.17, 15) is 117 Å². The average Bonchev–Trinajstić information content (AvgIpc) is 3.20. The number of hydrogen-bond acceptors (Lipinski definition) is 35. The van der Waals surface area contributed by atoms with Gasteiger partial charge in [0.05, 0.1) is 24.4 Å². The third-order valence-corrected chi connectivity index (χ3v) is 14.6. The second kappa shape index (κ2) is 26.2. The maximum atomic E-state index is 12.7. The van der Waals surface area contributed by atoms with E-state index in [2.05, 4.69) is 37.6 Å². The van der Waals surface area contributed by atoms with E-state index in [1.54, 1.807) is 0 Å². The van der Waals surface area contributed by atoms with Crippen molar-refractivity contribution >= 4 is 93.6 Å². The Hall–Kier alpha value is -1.49. The standard InChI is InChI=1S/C27H48O44S9/c1-6-7-55-24-20(68-77(43,44)45)16(12(8(2)56-24)63-72(28,29)30)60-25-21(69-78(46,47)48)17(13(9(3)57-25)64-73(31,32)33)61-26-22(70-79(49,50)51)18(14(10(4)58-26)65-74(34,35)36)62-27-23(71-80(52,53)54)19(67-76(40,41)42)15(11(5)59-27)66-75(37,38)39/h8-27H,6-7H2,1-5H3,(H,28,29,30)(H,31,32,33)(H,34,35,36)(H,37,38,39)(H,40,41,42)(H,43,44,45)(H,46,47,48)(H,49,50,51)(H,52,53,54)/t8-,9-,10-,11-,12+,13+,14+,15+,16+,17+,18+,19+,20-,21-,22-,23-,24+,25-,26-,27-/m0/s1. The largest absolute Gasteiger partial charge is 0.397 e. The molecule has 20 atom stereocenters. The zero-order valence-electron chi connectivity index (χ0n) is 39.9. The molecule has 4 aliphatic heterocycles. The summed E-state index contributed by atoms with van der Waals surface area (Å²) in [5, 5.41) is 0. The Balaban J connectivity index is 2.04. The molecule has 0 amide bonds. The van der Waals surface area contributed by atoms with Crippen LogP contribution in [0.2, 0.25) is 0 Å². The molecule has 0 saturated carbocycles. The predicted molar refractivity (Wildman–Crippen MR) is 236 cm³/mol. The van der Waals surface area contributed by atoms with Crippen LogP contribution in [0.25, 0.3) is 0 Å². The molecule has 0 bridgehead atoms. The normalized spacial score (nSPS) is 36.8. The Bertz CT molecular complexity index is 3190. The van der Waals surface area contributed by atoms with Crippen LogP contribution in [-0.4, -0.2) is 246 Å². The van der Waals surface area contributed by atoms with Gasteiger partial charge < -0.3 is 37.9 Å². The van der Waals surface area contributed by atoms with Crippen molar-refractivity contribution in [3.8, 4) is 0 Å². The van der Waals surface area contributed by atoms with E-state index in [4.69, 9.17) is 37.9 Å². The third-order valence-electron chi connectivity index (χ3n) is 10.4. The molecule has 0 aromatic carbocycles. The molecule has 0 unspecified atom stereocenters. The van der Waals surface area contributed by atoms with Crippen LogP contribution < -0.4 is 0 Å². The van der Waals surface area contributed by atoms with Gasteiger partial charge in [-0.1, -0.05) is 6.92 Å². The molecule has 0 radical (unpaired) electrons. The zero-order chi connectivity index (χ0) is 61.5. The van der Waals surface area contributed by atoms with Gasteiger partial charge in [0.1, 0.15) is 48.8 Å². The van der Waals surface area contributed by atoms with Crippen LogP contribution in [0.1, 0.15) is 41.0 Å². The minimum absolute atomic E-state index is 0.0743. The van der Waals surface area contributed by atoms with Crippen LogP contribution >= 0.6 is 0 Å². The first-order valence-corrected chi connectivity index (χ1v) is 33.2. The fraction of sp³-hybridized carbons (Fsp3) is 1.00. The number of hydrogen-bond donors (Lipinski definition) is 9. The molecule has 4 fully saturated rings. The monoisotopic (exact) mass is 1360 g/mol. The summed E-state index contributed by atoms with van der Waals surface area (Å²) in [4.78, 5) is 0. The van der Waals surface area contributed by atoms with E-state index in [0.29, 0.717) is 20.8 Å². The third kappa shape index (κ3) is 22.4. The van der Waals surface area contributed by atoms with Crippen LogP contribution in [0.4, 0.5) is 0 Å². The Labute approximate surface area is 454 Å². The van der Waals surface area contributed by atoms with E-state index in [0.717, 1.165) is 6.92 Å². The van der Waals surface area contributed by atoms with Crippen LogP contribution in [0.3, 0.4) is 0 Å². The van der Waals surface area contributed by atoms with E-state index in [1.807, 2.05) is 0 Å². The quantitative estimate of drug-likeness (QED) is 0.0346. The van der Waals surface area contributed by atoms with Crippen LogP contribution in [0.15, 0.2) is 0 Å². The summed E-state index contributed by atoms with van der Waals surface area (Å²) in [5.74, 6) is 0. The first-order valence-electron chi connectivity index (χ1n) is 20.9. The maximum Gasteiger partial charge on any atom is 0.397 e. The molecule has 4 heterocycles. The summed E-state index contributed by atoms with van der Waals surface area (Å²) in [5.41, 5.74) is 0. The lowest BCUT2D eigenvalue weighted by molar-refractivity contribution is -0.375. The predicted octanol–water partition coefficient (Wildman–Crippen LogP) is -5.76. The van der Waals surface area contributed by atoms with E-state index in [-0.39, 0.29) is 6.42 Å². The summed E-state index contributed by atoms with van der Waals surface area (Å²) in [6, 6.07) is 0. The van der Waals surface area contributed by atoms with Crippen LogP contribution in [0.5, 0.6) is 0 Å². The van der Waals surface area contributed by atoms with Gasteiger partial charge in [-0.15, -0.1) is 0 Å². The first-order chi connectivity index (χ1) is 35.8. The Morgan fingerprint density at radius 2 is 0.450 bits per heavy atom. The number of ether oxygens (including phenoxy) is 8. The molecule has 44 nitrogen and oxygen atoms in total. The molecule has 474 valence electrons. The lowest BCUT2D eigenvalue weighted by Gasteiger charge is -2.50. The molecule has 0 spiro atoms. The van der Waals surface area contributed by atoms with Crippen molar-refractivity contribution in [2.24, 2.45) is 0 Å². The van der Waals surface area contributed by atoms with Crippen LogP contribution in [0, 0.1) is 0 Å². The van der Waals surface area contributed by atoms with Gasteiger partial charge in [-0.25, -0.2) is 37.6 Å². The van der Waals surface area contributed by atoms with Crippen molar-refractivity contribution in [2.45, 2.75) is 164 Å². The van der Waals surface area contributed by atoms with Crippen molar-refractivity contribution in [2.75, 3.05) is 6.61 Å². The van der Waals surface area contributed by atoms with E-state index in [1.165, 1.54) is 6.92 Å². The molecule has 9 N–H and O–H groups in total. The Morgan fingerprint density at radius 3 is 0.675 bits per heavy atom. The van der Waals surface area contributed by atoms with Gasteiger partial charge >= 0.3 is 93.6 Å². The molecular formula is C27H48O44S9. The van der Waals surface area contributed by atoms with Crippen LogP contribution in [-0.2, 0) is 169 Å². The fourth-order valence-electron chi connectivity index (χ4n) is 7.83. The minimum Gasteiger partial charge on any atom is -0.350 e. The summed E-state index contributed by atoms with van der Waals surface area (Å²) in [6.07, 6.45) is -55.4. The first kappa shape index (κ1) is 71.0. The highest BCUT2D eigenvalue weighted by Crippen LogP contribution is 2.41. The highest BCUT2D eigenvalue weighted by Gasteiger charge is 2.61. The van der Waals surface area contributed by atoms with E-state index >= 15 is 0 Å². The minimum atomic E-state index is -6.30. The second-order valence-electron chi connectivity index (χ2n) is 16.4. The van der Waals surface area contributed by atoms with Crippen molar-refractivity contribution in [1.29, 1.82) is 0 Å². The van der Waals surface area contributed by atoms with Crippen molar-refractivity contribution in [3.05, 3.63) is 0 Å². The lowest BCUT2D eigenvalue weighted by Crippen LogP contribution is -2.68. The summed E-state index contributed by atoms with van der Waals surface area (Å²) in [7, 11) is -54.3. The topological polar surface area (TPSA) is 646 Å². The summed E-state index contributed by atoms with van der Waals surface area (Å²) in [6.45, 7) is 3.96. The molecule has 0 aromatic heterocycles. The van der Waals surface area contributed by atoms with Gasteiger partial charge in [-0.05, 0) is 34.1 Å². The fourth-order valence-corrected chi connectivity index (χ4v) is 12.4. The van der Waals surface area contributed by atoms with Gasteiger partial charge in [0.25, 0.3) is 0 Å². The highest BCUT2D eigenvalue weighted by atomic mass is 32.3. The van der Waals surface area contributed by atoms with Gasteiger partial charge in [0, 0.05) is 6.61 Å². The lowest BCUT2D eigenvalue weighted by atomic mass is 9.96. The molecule has 4 aliphatic rings. The zero-order valence-corrected chi connectivity index (χ0v) is 47.3. The average molecular weight is 1370 g/mol. The summed E-state index contributed by atoms with van der Waals surface area (Å²) < 4.78 is 393. The maximum absolute atomic E-state index is 12.7. The van der Waals surface area contributed by atoms with Crippen molar-refractivity contribution < 1.29 is 192 Å². The van der Waals surface area contributed by atoms with Gasteiger partial charge in [0.15, 0.2) is 49.6 Å².